The molecule has 3 aromatic rings. The van der Waals surface area contributed by atoms with Gasteiger partial charge in [0, 0.05) is 35.3 Å². The molecule has 0 spiro atoms. The lowest BCUT2D eigenvalue weighted by molar-refractivity contribution is 0.471. The second-order valence-electron chi connectivity index (χ2n) is 6.25. The Labute approximate surface area is 147 Å². The fourth-order valence-electron chi connectivity index (χ4n) is 2.66. The predicted molar refractivity (Wildman–Crippen MR) is 100 cm³/mol. The first kappa shape index (κ1) is 16.7. The number of hydrogen-bond acceptors (Lipinski definition) is 4. The maximum atomic E-state index is 10.1. The van der Waals surface area contributed by atoms with Gasteiger partial charge in [0.05, 0.1) is 0 Å². The standard InChI is InChI=1S/C21H21NO3/c1-13-4-7-16(10-19(13)23)22(17-8-5-14(2)20(24)11-17)18-9-6-15(3)21(25)12-18/h4-12,23-25H,1-3H3. The molecule has 0 fully saturated rings. The van der Waals surface area contributed by atoms with Gasteiger partial charge in [0.2, 0.25) is 0 Å². The number of aryl methyl sites for hydroxylation is 3. The Morgan fingerprint density at radius 3 is 1.04 bits per heavy atom. The summed E-state index contributed by atoms with van der Waals surface area (Å²) in [6.45, 7) is 5.50. The number of aromatic hydroxyl groups is 3. The third kappa shape index (κ3) is 3.24. The van der Waals surface area contributed by atoms with Crippen LogP contribution in [0, 0.1) is 20.8 Å². The molecular weight excluding hydrogens is 314 g/mol. The van der Waals surface area contributed by atoms with Crippen LogP contribution in [0.1, 0.15) is 16.7 Å². The van der Waals surface area contributed by atoms with E-state index in [1.165, 1.54) is 0 Å². The molecule has 0 bridgehead atoms. The maximum absolute atomic E-state index is 10.1. The number of hydrogen-bond donors (Lipinski definition) is 3. The van der Waals surface area contributed by atoms with Gasteiger partial charge in [-0.05, 0) is 55.7 Å². The molecule has 128 valence electrons. The molecule has 4 nitrogen and oxygen atoms in total. The molecule has 3 rings (SSSR count). The van der Waals surface area contributed by atoms with Crippen molar-refractivity contribution in [1.82, 2.24) is 0 Å². The summed E-state index contributed by atoms with van der Waals surface area (Å²) >= 11 is 0. The molecule has 4 heteroatoms. The molecule has 0 amide bonds. The first-order valence-electron chi connectivity index (χ1n) is 8.06. The summed E-state index contributed by atoms with van der Waals surface area (Å²) in [6.07, 6.45) is 0. The lowest BCUT2D eigenvalue weighted by Gasteiger charge is -2.26. The van der Waals surface area contributed by atoms with E-state index in [0.29, 0.717) is 0 Å². The zero-order chi connectivity index (χ0) is 18.1. The predicted octanol–water partition coefficient (Wildman–Crippen LogP) is 5.20. The van der Waals surface area contributed by atoms with Gasteiger partial charge >= 0.3 is 0 Å². The van der Waals surface area contributed by atoms with Gasteiger partial charge < -0.3 is 20.2 Å². The van der Waals surface area contributed by atoms with Crippen molar-refractivity contribution in [3.63, 3.8) is 0 Å². The smallest absolute Gasteiger partial charge is 0.120 e. The van der Waals surface area contributed by atoms with Crippen molar-refractivity contribution >= 4 is 17.1 Å². The van der Waals surface area contributed by atoms with E-state index in [-0.39, 0.29) is 17.2 Å². The molecule has 3 aromatic carbocycles. The van der Waals surface area contributed by atoms with Crippen molar-refractivity contribution in [2.75, 3.05) is 4.90 Å². The number of benzene rings is 3. The Morgan fingerprint density at radius 2 is 0.800 bits per heavy atom. The van der Waals surface area contributed by atoms with Gasteiger partial charge in [-0.25, -0.2) is 0 Å². The van der Waals surface area contributed by atoms with Crippen molar-refractivity contribution in [1.29, 1.82) is 0 Å². The third-order valence-corrected chi connectivity index (χ3v) is 4.35. The number of phenols is 3. The Kier molecular flexibility index (Phi) is 4.28. The molecule has 0 atom stereocenters. The van der Waals surface area contributed by atoms with Crippen LogP contribution in [0.25, 0.3) is 0 Å². The molecule has 0 aromatic heterocycles. The van der Waals surface area contributed by atoms with E-state index in [1.807, 2.05) is 62.1 Å². The number of anilines is 3. The zero-order valence-electron chi connectivity index (χ0n) is 14.5. The highest BCUT2D eigenvalue weighted by molar-refractivity contribution is 5.79. The summed E-state index contributed by atoms with van der Waals surface area (Å²) in [5.41, 5.74) is 4.53. The molecule has 0 aliphatic rings. The minimum absolute atomic E-state index is 0.190. The summed E-state index contributed by atoms with van der Waals surface area (Å²) in [5, 5.41) is 30.3. The minimum atomic E-state index is 0.190. The highest BCUT2D eigenvalue weighted by Gasteiger charge is 2.16. The molecule has 0 aliphatic heterocycles. The summed E-state index contributed by atoms with van der Waals surface area (Å²) < 4.78 is 0. The van der Waals surface area contributed by atoms with Crippen LogP contribution in [0.2, 0.25) is 0 Å². The normalized spacial score (nSPS) is 10.7. The van der Waals surface area contributed by atoms with Gasteiger partial charge in [0.1, 0.15) is 17.2 Å². The van der Waals surface area contributed by atoms with E-state index in [9.17, 15) is 15.3 Å². The SMILES string of the molecule is Cc1ccc(N(c2ccc(C)c(O)c2)c2ccc(C)c(O)c2)cc1O. The van der Waals surface area contributed by atoms with Crippen LogP contribution in [-0.2, 0) is 0 Å². The van der Waals surface area contributed by atoms with Crippen LogP contribution in [-0.4, -0.2) is 15.3 Å². The van der Waals surface area contributed by atoms with Crippen LogP contribution in [0.3, 0.4) is 0 Å². The first-order valence-corrected chi connectivity index (χ1v) is 8.06. The molecule has 0 unspecified atom stereocenters. The molecule has 0 heterocycles. The molecule has 25 heavy (non-hydrogen) atoms. The van der Waals surface area contributed by atoms with Crippen LogP contribution in [0.4, 0.5) is 17.1 Å². The van der Waals surface area contributed by atoms with Crippen molar-refractivity contribution in [3.8, 4) is 17.2 Å². The zero-order valence-corrected chi connectivity index (χ0v) is 14.5. The van der Waals surface area contributed by atoms with Crippen molar-refractivity contribution in [2.45, 2.75) is 20.8 Å². The lowest BCUT2D eigenvalue weighted by Crippen LogP contribution is -2.10. The van der Waals surface area contributed by atoms with Crippen molar-refractivity contribution in [3.05, 3.63) is 71.3 Å². The molecule has 0 saturated carbocycles. The monoisotopic (exact) mass is 335 g/mol. The number of rotatable bonds is 3. The van der Waals surface area contributed by atoms with Gasteiger partial charge in [-0.15, -0.1) is 0 Å². The van der Waals surface area contributed by atoms with E-state index in [2.05, 4.69) is 0 Å². The average molecular weight is 335 g/mol. The molecule has 3 N–H and O–H groups in total. The average Bonchev–Trinajstić information content (AvgIpc) is 2.57. The van der Waals surface area contributed by atoms with E-state index in [1.54, 1.807) is 18.2 Å². The summed E-state index contributed by atoms with van der Waals surface area (Å²) in [6, 6.07) is 16.2. The quantitative estimate of drug-likeness (QED) is 0.616. The van der Waals surface area contributed by atoms with E-state index < -0.39 is 0 Å². The minimum Gasteiger partial charge on any atom is -0.508 e. The summed E-state index contributed by atoms with van der Waals surface area (Å²) in [7, 11) is 0. The first-order chi connectivity index (χ1) is 11.9. The fourth-order valence-corrected chi connectivity index (χ4v) is 2.66. The van der Waals surface area contributed by atoms with Gasteiger partial charge in [0.15, 0.2) is 0 Å². The topological polar surface area (TPSA) is 63.9 Å². The number of phenolic OH excluding ortho intramolecular Hbond substituents is 3. The van der Waals surface area contributed by atoms with E-state index >= 15 is 0 Å². The molecule has 0 saturated heterocycles. The van der Waals surface area contributed by atoms with Crippen LogP contribution in [0.5, 0.6) is 17.2 Å². The second-order valence-corrected chi connectivity index (χ2v) is 6.25. The Hall–Kier alpha value is -3.14. The van der Waals surface area contributed by atoms with Gasteiger partial charge in [-0.1, -0.05) is 18.2 Å². The maximum Gasteiger partial charge on any atom is 0.120 e. The Balaban J connectivity index is 2.21. The lowest BCUT2D eigenvalue weighted by atomic mass is 10.1. The van der Waals surface area contributed by atoms with Crippen molar-refractivity contribution in [2.24, 2.45) is 0 Å². The molecular formula is C21H21NO3. The second kappa shape index (κ2) is 6.40. The largest absolute Gasteiger partial charge is 0.508 e. The summed E-state index contributed by atoms with van der Waals surface area (Å²) in [5.74, 6) is 0.570. The van der Waals surface area contributed by atoms with Gasteiger partial charge in [0.25, 0.3) is 0 Å². The Bertz CT molecular complexity index is 812. The highest BCUT2D eigenvalue weighted by Crippen LogP contribution is 2.39. The van der Waals surface area contributed by atoms with Gasteiger partial charge in [-0.2, -0.15) is 0 Å². The van der Waals surface area contributed by atoms with E-state index in [0.717, 1.165) is 33.8 Å². The Morgan fingerprint density at radius 1 is 0.520 bits per heavy atom. The van der Waals surface area contributed by atoms with Crippen LogP contribution in [0.15, 0.2) is 54.6 Å². The molecule has 0 aliphatic carbocycles. The van der Waals surface area contributed by atoms with Gasteiger partial charge in [-0.3, -0.25) is 0 Å². The third-order valence-electron chi connectivity index (χ3n) is 4.35. The number of nitrogens with zero attached hydrogens (tertiary/aromatic N) is 1. The van der Waals surface area contributed by atoms with E-state index in [4.69, 9.17) is 0 Å². The fraction of sp³-hybridized carbons (Fsp3) is 0.143. The van der Waals surface area contributed by atoms with Crippen LogP contribution < -0.4 is 4.90 Å². The van der Waals surface area contributed by atoms with Crippen LogP contribution >= 0.6 is 0 Å². The highest BCUT2D eigenvalue weighted by atomic mass is 16.3. The van der Waals surface area contributed by atoms with Crippen molar-refractivity contribution < 1.29 is 15.3 Å². The molecule has 0 radical (unpaired) electrons. The summed E-state index contributed by atoms with van der Waals surface area (Å²) in [4.78, 5) is 1.87.